The molecule has 2 atom stereocenters. The van der Waals surface area contributed by atoms with Gasteiger partial charge in [-0.1, -0.05) is 146 Å². The fourth-order valence-corrected chi connectivity index (χ4v) is 10.1. The van der Waals surface area contributed by atoms with Crippen LogP contribution in [0.5, 0.6) is 0 Å². The molecule has 0 amide bonds. The minimum absolute atomic E-state index is 0.619. The van der Waals surface area contributed by atoms with Crippen molar-refractivity contribution in [2.75, 3.05) is 0 Å². The van der Waals surface area contributed by atoms with Crippen molar-refractivity contribution in [3.63, 3.8) is 0 Å². The third kappa shape index (κ3) is 3.80. The van der Waals surface area contributed by atoms with Gasteiger partial charge in [0, 0.05) is 0 Å². The molecule has 0 saturated heterocycles. The Morgan fingerprint density at radius 3 is 1.82 bits per heavy atom. The summed E-state index contributed by atoms with van der Waals surface area (Å²) in [4.78, 5) is 0. The summed E-state index contributed by atoms with van der Waals surface area (Å²) in [5, 5.41) is 16.2. The molecular weight excluding hydrogens is 613 g/mol. The minimum atomic E-state index is 0.619. The second kappa shape index (κ2) is 10.3. The Morgan fingerprint density at radius 1 is 0.451 bits per heavy atom. The van der Waals surface area contributed by atoms with Gasteiger partial charge in [-0.25, -0.2) is 0 Å². The molecule has 1 fully saturated rings. The number of allylic oxidation sites excluding steroid dienone is 2. The van der Waals surface area contributed by atoms with Crippen LogP contribution < -0.4 is 0 Å². The molecule has 0 N–H and O–H groups in total. The highest BCUT2D eigenvalue weighted by Gasteiger charge is 2.41. The quantitative estimate of drug-likeness (QED) is 0.129. The SMILES string of the molecule is C1=Cc2c(c3c(-c4cc5ccccc5c5c4C=CC4CC54)c4ccccc4c(-c4cc5ccccc5c5ccccc45)c3c3ccccc23)CC1. The van der Waals surface area contributed by atoms with Gasteiger partial charge in [0.15, 0.2) is 0 Å². The van der Waals surface area contributed by atoms with Crippen LogP contribution in [0.1, 0.15) is 41.0 Å². The summed E-state index contributed by atoms with van der Waals surface area (Å²) in [6.45, 7) is 0. The van der Waals surface area contributed by atoms with Gasteiger partial charge in [0.05, 0.1) is 0 Å². The van der Waals surface area contributed by atoms with Crippen molar-refractivity contribution in [3.05, 3.63) is 168 Å². The lowest BCUT2D eigenvalue weighted by atomic mass is 9.76. The van der Waals surface area contributed by atoms with Crippen LogP contribution in [-0.2, 0) is 6.42 Å². The molecule has 9 aromatic carbocycles. The average Bonchev–Trinajstić information content (AvgIpc) is 4.00. The molecule has 0 heteroatoms. The Bertz CT molecular complexity index is 3060. The highest BCUT2D eigenvalue weighted by molar-refractivity contribution is 6.33. The lowest BCUT2D eigenvalue weighted by Crippen LogP contribution is -2.04. The topological polar surface area (TPSA) is 0 Å². The van der Waals surface area contributed by atoms with E-state index in [2.05, 4.69) is 158 Å². The smallest absolute Gasteiger partial charge is 0.00107 e. The van der Waals surface area contributed by atoms with Gasteiger partial charge < -0.3 is 0 Å². The lowest BCUT2D eigenvalue weighted by Gasteiger charge is -2.27. The molecule has 0 radical (unpaired) electrons. The van der Waals surface area contributed by atoms with Crippen molar-refractivity contribution in [2.24, 2.45) is 5.92 Å². The summed E-state index contributed by atoms with van der Waals surface area (Å²) in [6, 6.07) is 50.6. The van der Waals surface area contributed by atoms with Crippen LogP contribution in [-0.4, -0.2) is 0 Å². The molecule has 238 valence electrons. The van der Waals surface area contributed by atoms with Crippen LogP contribution in [0.2, 0.25) is 0 Å². The van der Waals surface area contributed by atoms with E-state index in [1.54, 1.807) is 5.56 Å². The van der Waals surface area contributed by atoms with E-state index < -0.39 is 0 Å². The first-order valence-electron chi connectivity index (χ1n) is 18.6. The molecule has 3 aliphatic carbocycles. The summed E-state index contributed by atoms with van der Waals surface area (Å²) < 4.78 is 0. The predicted molar refractivity (Wildman–Crippen MR) is 220 cm³/mol. The highest BCUT2D eigenvalue weighted by atomic mass is 14.4. The minimum Gasteiger partial charge on any atom is -0.0836 e. The number of aryl methyl sites for hydroxylation is 1. The molecule has 1 saturated carbocycles. The van der Waals surface area contributed by atoms with Crippen LogP contribution in [0.3, 0.4) is 0 Å². The molecule has 12 rings (SSSR count). The van der Waals surface area contributed by atoms with Crippen LogP contribution >= 0.6 is 0 Å². The van der Waals surface area contributed by atoms with Gasteiger partial charge in [0.25, 0.3) is 0 Å². The van der Waals surface area contributed by atoms with E-state index in [4.69, 9.17) is 0 Å². The Balaban J connectivity index is 1.36. The number of hydrogen-bond donors (Lipinski definition) is 0. The van der Waals surface area contributed by atoms with Gasteiger partial charge in [-0.05, 0) is 152 Å². The number of rotatable bonds is 2. The molecule has 0 aromatic heterocycles. The van der Waals surface area contributed by atoms with Crippen molar-refractivity contribution in [3.8, 4) is 22.3 Å². The van der Waals surface area contributed by atoms with Gasteiger partial charge in [-0.3, -0.25) is 0 Å². The molecule has 0 heterocycles. The summed E-state index contributed by atoms with van der Waals surface area (Å²) in [7, 11) is 0. The van der Waals surface area contributed by atoms with E-state index in [9.17, 15) is 0 Å². The lowest BCUT2D eigenvalue weighted by molar-refractivity contribution is 1.00. The molecule has 3 aliphatic rings. The van der Waals surface area contributed by atoms with Gasteiger partial charge in [0.2, 0.25) is 0 Å². The maximum atomic E-state index is 2.52. The largest absolute Gasteiger partial charge is 0.0836 e. The molecule has 2 unspecified atom stereocenters. The highest BCUT2D eigenvalue weighted by Crippen LogP contribution is 2.58. The van der Waals surface area contributed by atoms with Gasteiger partial charge >= 0.3 is 0 Å². The van der Waals surface area contributed by atoms with Crippen molar-refractivity contribution in [2.45, 2.75) is 25.2 Å². The van der Waals surface area contributed by atoms with Gasteiger partial charge in [-0.2, -0.15) is 0 Å². The Kier molecular flexibility index (Phi) is 5.60. The maximum Gasteiger partial charge on any atom is -0.00107 e. The second-order valence-electron chi connectivity index (χ2n) is 15.0. The Morgan fingerprint density at radius 2 is 1.04 bits per heavy atom. The normalized spacial score (nSPS) is 17.4. The van der Waals surface area contributed by atoms with Gasteiger partial charge in [0.1, 0.15) is 0 Å². The Hall–Kier alpha value is -5.98. The maximum absolute atomic E-state index is 2.52. The van der Waals surface area contributed by atoms with Crippen molar-refractivity contribution in [1.29, 1.82) is 0 Å². The van der Waals surface area contributed by atoms with Crippen LogP contribution in [0.25, 0.3) is 99.0 Å². The monoisotopic (exact) mass is 646 g/mol. The van der Waals surface area contributed by atoms with E-state index in [0.29, 0.717) is 11.8 Å². The van der Waals surface area contributed by atoms with E-state index in [0.717, 1.165) is 12.8 Å². The van der Waals surface area contributed by atoms with Crippen LogP contribution in [0, 0.1) is 5.92 Å². The number of hydrogen-bond acceptors (Lipinski definition) is 0. The summed E-state index contributed by atoms with van der Waals surface area (Å²) >= 11 is 0. The third-order valence-corrected chi connectivity index (χ3v) is 12.3. The first-order valence-corrected chi connectivity index (χ1v) is 18.6. The van der Waals surface area contributed by atoms with E-state index in [1.165, 1.54) is 110 Å². The van der Waals surface area contributed by atoms with Crippen molar-refractivity contribution >= 4 is 76.8 Å². The van der Waals surface area contributed by atoms with Gasteiger partial charge in [-0.15, -0.1) is 0 Å². The fourth-order valence-electron chi connectivity index (χ4n) is 10.1. The second-order valence-corrected chi connectivity index (χ2v) is 15.0. The first kappa shape index (κ1) is 27.8. The number of fused-ring (bicyclic) bond motifs is 15. The molecule has 0 aliphatic heterocycles. The number of benzene rings is 9. The predicted octanol–water partition coefficient (Wildman–Crippen LogP) is 14.0. The average molecular weight is 647 g/mol. The van der Waals surface area contributed by atoms with Crippen molar-refractivity contribution < 1.29 is 0 Å². The van der Waals surface area contributed by atoms with Crippen LogP contribution in [0.15, 0.2) is 146 Å². The molecule has 0 nitrogen and oxygen atoms in total. The molecule has 0 spiro atoms. The molecule has 51 heavy (non-hydrogen) atoms. The van der Waals surface area contributed by atoms with E-state index in [1.807, 2.05) is 0 Å². The standard InChI is InChI=1S/C51H34/c1-3-15-33-30(13-1)28-45(38-20-6-5-17-35(33)38)48-41-23-11-12-24-42(41)49(51-40-22-10-8-19-37(40)36-18-7-9-21-39(36)50(48)51)46-29-31-14-2-4-16-34(31)47-43(46)26-25-32-27-44(32)47/h1-9,11-21,23-26,28-29,32,44H,10,22,27H2. The molecule has 9 aromatic rings. The molecule has 0 bridgehead atoms. The van der Waals surface area contributed by atoms with Crippen LogP contribution in [0.4, 0.5) is 0 Å². The zero-order chi connectivity index (χ0) is 33.2. The zero-order valence-electron chi connectivity index (χ0n) is 28.3. The van der Waals surface area contributed by atoms with E-state index >= 15 is 0 Å². The third-order valence-electron chi connectivity index (χ3n) is 12.3. The van der Waals surface area contributed by atoms with E-state index in [-0.39, 0.29) is 0 Å². The zero-order valence-corrected chi connectivity index (χ0v) is 28.3. The Labute approximate surface area is 297 Å². The molecular formula is C51H34. The summed E-state index contributed by atoms with van der Waals surface area (Å²) in [5.74, 6) is 1.29. The first-order chi connectivity index (χ1) is 25.3. The fraction of sp³-hybridized carbons (Fsp3) is 0.0980. The summed E-state index contributed by atoms with van der Waals surface area (Å²) in [6.07, 6.45) is 13.1. The summed E-state index contributed by atoms with van der Waals surface area (Å²) in [5.41, 5.74) is 11.3. The van der Waals surface area contributed by atoms with Crippen molar-refractivity contribution in [1.82, 2.24) is 0 Å².